The van der Waals surface area contributed by atoms with Crippen molar-refractivity contribution in [3.63, 3.8) is 0 Å². The van der Waals surface area contributed by atoms with E-state index in [1.54, 1.807) is 0 Å². The highest BCUT2D eigenvalue weighted by atomic mass is 16.1. The summed E-state index contributed by atoms with van der Waals surface area (Å²) in [5, 5.41) is 3.88. The van der Waals surface area contributed by atoms with E-state index in [2.05, 4.69) is 5.32 Å². The van der Waals surface area contributed by atoms with E-state index < -0.39 is 0 Å². The van der Waals surface area contributed by atoms with E-state index in [0.717, 1.165) is 16.6 Å². The molecule has 3 nitrogen and oxygen atoms in total. The molecule has 0 aliphatic heterocycles. The summed E-state index contributed by atoms with van der Waals surface area (Å²) < 4.78 is 2.00. The van der Waals surface area contributed by atoms with Gasteiger partial charge in [0.2, 0.25) is 5.91 Å². The van der Waals surface area contributed by atoms with Crippen LogP contribution in [0.25, 0.3) is 10.9 Å². The Morgan fingerprint density at radius 1 is 1.25 bits per heavy atom. The lowest BCUT2D eigenvalue weighted by Gasteiger charge is -1.97. The number of fused-ring (bicyclic) bond motifs is 1. The number of nitrogens with zero attached hydrogens (tertiary/aromatic N) is 1. The number of aromatic nitrogens is 1. The van der Waals surface area contributed by atoms with Crippen molar-refractivity contribution in [3.8, 4) is 0 Å². The number of aryl methyl sites for hydroxylation is 1. The zero-order chi connectivity index (χ0) is 12.1. The number of nitrogens with one attached hydrogen (secondary N) is 1. The van der Waals surface area contributed by atoms with Gasteiger partial charge in [0.25, 0.3) is 0 Å². The minimum absolute atomic E-state index is 0.0404. The molecule has 1 aromatic heterocycles. The van der Waals surface area contributed by atoms with Crippen LogP contribution in [0.15, 0.2) is 30.5 Å². The molecule has 0 unspecified atom stereocenters. The maximum Gasteiger partial charge on any atom is 0.221 e. The average Bonchev–Trinajstić information content (AvgIpc) is 2.59. The lowest BCUT2D eigenvalue weighted by Crippen LogP contribution is -2.04. The Kier molecular flexibility index (Phi) is 4.11. The molecule has 1 N–H and O–H groups in total. The molecule has 0 radical (unpaired) electrons. The Morgan fingerprint density at radius 2 is 1.88 bits per heavy atom. The first-order valence-electron chi connectivity index (χ1n) is 5.50. The third-order valence-corrected chi connectivity index (χ3v) is 2.21. The summed E-state index contributed by atoms with van der Waals surface area (Å²) in [7, 11) is 1.97. The first kappa shape index (κ1) is 12.3. The van der Waals surface area contributed by atoms with Gasteiger partial charge >= 0.3 is 0 Å². The molecule has 86 valence electrons. The van der Waals surface area contributed by atoms with Crippen molar-refractivity contribution in [2.45, 2.75) is 20.8 Å². The van der Waals surface area contributed by atoms with Crippen LogP contribution in [0.5, 0.6) is 0 Å². The van der Waals surface area contributed by atoms with Gasteiger partial charge in [0, 0.05) is 31.1 Å². The second-order valence-corrected chi connectivity index (χ2v) is 3.35. The minimum Gasteiger partial charge on any atom is -0.348 e. The fourth-order valence-electron chi connectivity index (χ4n) is 1.63. The second-order valence-electron chi connectivity index (χ2n) is 3.35. The molecule has 1 amide bonds. The van der Waals surface area contributed by atoms with Crippen LogP contribution in [0, 0.1) is 0 Å². The van der Waals surface area contributed by atoms with Gasteiger partial charge in [-0.3, -0.25) is 4.79 Å². The van der Waals surface area contributed by atoms with Gasteiger partial charge in [-0.25, -0.2) is 0 Å². The van der Waals surface area contributed by atoms with Crippen molar-refractivity contribution in [2.75, 3.05) is 5.32 Å². The van der Waals surface area contributed by atoms with E-state index in [4.69, 9.17) is 0 Å². The number of hydrogen-bond donors (Lipinski definition) is 1. The van der Waals surface area contributed by atoms with Crippen molar-refractivity contribution >= 4 is 22.5 Å². The SMILES string of the molecule is CC.CC(=O)Nc1cn(C)c2ccccc12. The summed E-state index contributed by atoms with van der Waals surface area (Å²) in [4.78, 5) is 10.9. The highest BCUT2D eigenvalue weighted by Crippen LogP contribution is 2.24. The first-order chi connectivity index (χ1) is 7.68. The van der Waals surface area contributed by atoms with Crippen molar-refractivity contribution in [1.29, 1.82) is 0 Å². The molecule has 0 spiro atoms. The average molecular weight is 218 g/mol. The maximum absolute atomic E-state index is 10.9. The van der Waals surface area contributed by atoms with Gasteiger partial charge in [-0.15, -0.1) is 0 Å². The second kappa shape index (κ2) is 5.35. The summed E-state index contributed by atoms with van der Waals surface area (Å²) in [6.45, 7) is 5.52. The molecule has 0 aliphatic rings. The predicted octanol–water partition coefficient (Wildman–Crippen LogP) is 3.16. The van der Waals surface area contributed by atoms with Crippen molar-refractivity contribution in [2.24, 2.45) is 7.05 Å². The van der Waals surface area contributed by atoms with Crippen LogP contribution in [0.2, 0.25) is 0 Å². The van der Waals surface area contributed by atoms with Crippen LogP contribution < -0.4 is 5.32 Å². The number of amides is 1. The molecule has 2 rings (SSSR count). The normalized spacial score (nSPS) is 9.50. The predicted molar refractivity (Wildman–Crippen MR) is 68.6 cm³/mol. The zero-order valence-corrected chi connectivity index (χ0v) is 10.2. The van der Waals surface area contributed by atoms with Crippen LogP contribution in [-0.2, 0) is 11.8 Å². The molecular weight excluding hydrogens is 200 g/mol. The summed E-state index contributed by atoms with van der Waals surface area (Å²) in [6, 6.07) is 7.98. The fourth-order valence-corrected chi connectivity index (χ4v) is 1.63. The van der Waals surface area contributed by atoms with E-state index in [1.165, 1.54) is 6.92 Å². The molecule has 16 heavy (non-hydrogen) atoms. The zero-order valence-electron chi connectivity index (χ0n) is 10.2. The van der Waals surface area contributed by atoms with E-state index in [0.29, 0.717) is 0 Å². The molecule has 0 atom stereocenters. The van der Waals surface area contributed by atoms with Crippen LogP contribution in [-0.4, -0.2) is 10.5 Å². The molecule has 1 aromatic carbocycles. The highest BCUT2D eigenvalue weighted by Gasteiger charge is 2.05. The lowest BCUT2D eigenvalue weighted by atomic mass is 10.2. The van der Waals surface area contributed by atoms with Gasteiger partial charge in [0.05, 0.1) is 5.69 Å². The van der Waals surface area contributed by atoms with Crippen LogP contribution in [0.3, 0.4) is 0 Å². The number of para-hydroxylation sites is 1. The highest BCUT2D eigenvalue weighted by molar-refractivity contribution is 6.01. The van der Waals surface area contributed by atoms with Crippen molar-refractivity contribution < 1.29 is 4.79 Å². The molecule has 0 aliphatic carbocycles. The van der Waals surface area contributed by atoms with Crippen LogP contribution in [0.4, 0.5) is 5.69 Å². The third kappa shape index (κ3) is 2.42. The lowest BCUT2D eigenvalue weighted by molar-refractivity contribution is -0.114. The molecule has 2 aromatic rings. The van der Waals surface area contributed by atoms with Gasteiger partial charge in [0.1, 0.15) is 0 Å². The van der Waals surface area contributed by atoms with Gasteiger partial charge in [-0.05, 0) is 6.07 Å². The molecule has 1 heterocycles. The summed E-state index contributed by atoms with van der Waals surface area (Å²) in [6.07, 6.45) is 1.92. The Bertz CT molecular complexity index is 486. The van der Waals surface area contributed by atoms with Gasteiger partial charge in [-0.1, -0.05) is 32.0 Å². The maximum atomic E-state index is 10.9. The molecular formula is C13H18N2O. The monoisotopic (exact) mass is 218 g/mol. The molecule has 0 saturated heterocycles. The Hall–Kier alpha value is -1.77. The molecule has 0 bridgehead atoms. The number of carbonyl (C=O) groups excluding carboxylic acids is 1. The van der Waals surface area contributed by atoms with E-state index in [9.17, 15) is 4.79 Å². The fraction of sp³-hybridized carbons (Fsp3) is 0.308. The number of benzene rings is 1. The molecule has 0 saturated carbocycles. The van der Waals surface area contributed by atoms with E-state index in [1.807, 2.05) is 55.9 Å². The Labute approximate surface area is 96.1 Å². The standard InChI is InChI=1S/C11H12N2O.C2H6/c1-8(14)12-10-7-13(2)11-6-4-3-5-9(10)11;1-2/h3-7H,1-2H3,(H,12,14);1-2H3. The van der Waals surface area contributed by atoms with Gasteiger partial charge in [0.15, 0.2) is 0 Å². The van der Waals surface area contributed by atoms with Crippen LogP contribution >= 0.6 is 0 Å². The minimum atomic E-state index is -0.0404. The van der Waals surface area contributed by atoms with E-state index in [-0.39, 0.29) is 5.91 Å². The first-order valence-corrected chi connectivity index (χ1v) is 5.50. The molecule has 3 heteroatoms. The van der Waals surface area contributed by atoms with E-state index >= 15 is 0 Å². The smallest absolute Gasteiger partial charge is 0.221 e. The number of anilines is 1. The summed E-state index contributed by atoms with van der Waals surface area (Å²) in [5.74, 6) is -0.0404. The topological polar surface area (TPSA) is 34.0 Å². The van der Waals surface area contributed by atoms with Gasteiger partial charge < -0.3 is 9.88 Å². The van der Waals surface area contributed by atoms with Crippen molar-refractivity contribution in [3.05, 3.63) is 30.5 Å². The number of hydrogen-bond acceptors (Lipinski definition) is 1. The largest absolute Gasteiger partial charge is 0.348 e. The number of carbonyl (C=O) groups is 1. The Balaban J connectivity index is 0.000000606. The quantitative estimate of drug-likeness (QED) is 0.783. The van der Waals surface area contributed by atoms with Crippen molar-refractivity contribution in [1.82, 2.24) is 4.57 Å². The third-order valence-electron chi connectivity index (χ3n) is 2.21. The van der Waals surface area contributed by atoms with Crippen LogP contribution in [0.1, 0.15) is 20.8 Å². The molecule has 0 fully saturated rings. The Morgan fingerprint density at radius 3 is 2.50 bits per heavy atom. The number of rotatable bonds is 1. The summed E-state index contributed by atoms with van der Waals surface area (Å²) in [5.41, 5.74) is 1.99. The van der Waals surface area contributed by atoms with Gasteiger partial charge in [-0.2, -0.15) is 0 Å². The summed E-state index contributed by atoms with van der Waals surface area (Å²) >= 11 is 0.